The van der Waals surface area contributed by atoms with Gasteiger partial charge in [0.15, 0.2) is 0 Å². The fraction of sp³-hybridized carbons (Fsp3) is 0.583. The van der Waals surface area contributed by atoms with Crippen LogP contribution in [-0.4, -0.2) is 27.2 Å². The maximum atomic E-state index is 11.0. The van der Waals surface area contributed by atoms with E-state index in [0.29, 0.717) is 12.1 Å². The van der Waals surface area contributed by atoms with Crippen molar-refractivity contribution in [2.75, 3.05) is 12.0 Å². The van der Waals surface area contributed by atoms with Gasteiger partial charge in [-0.2, -0.15) is 0 Å². The second-order valence-corrected chi connectivity index (χ2v) is 5.69. The van der Waals surface area contributed by atoms with Gasteiger partial charge in [0.25, 0.3) is 0 Å². The van der Waals surface area contributed by atoms with Crippen LogP contribution < -0.4 is 5.32 Å². The second-order valence-electron chi connectivity index (χ2n) is 4.14. The van der Waals surface area contributed by atoms with Crippen LogP contribution in [0.1, 0.15) is 31.9 Å². The minimum atomic E-state index is -0.695. The number of rotatable bonds is 6. The van der Waals surface area contributed by atoms with Crippen molar-refractivity contribution in [2.45, 2.75) is 32.4 Å². The Morgan fingerprint density at radius 1 is 1.38 bits per heavy atom. The van der Waals surface area contributed by atoms with Crippen molar-refractivity contribution in [3.8, 4) is 0 Å². The zero-order valence-corrected chi connectivity index (χ0v) is 11.0. The fourth-order valence-electron chi connectivity index (χ4n) is 1.60. The Balaban J connectivity index is 2.39. The van der Waals surface area contributed by atoms with Crippen molar-refractivity contribution in [3.05, 3.63) is 30.1 Å². The summed E-state index contributed by atoms with van der Waals surface area (Å²) in [6.45, 7) is 4.26. The molecule has 0 aromatic carbocycles. The molecule has 1 N–H and O–H groups in total. The molecule has 3 atom stereocenters. The summed E-state index contributed by atoms with van der Waals surface area (Å²) < 4.78 is 11.0. The van der Waals surface area contributed by atoms with Gasteiger partial charge >= 0.3 is 0 Å². The van der Waals surface area contributed by atoms with Crippen LogP contribution in [0, 0.1) is 0 Å². The van der Waals surface area contributed by atoms with Crippen molar-refractivity contribution in [1.82, 2.24) is 10.3 Å². The molecule has 0 aliphatic rings. The van der Waals surface area contributed by atoms with Gasteiger partial charge in [0, 0.05) is 47.3 Å². The Hall–Kier alpha value is -0.740. The molecule has 1 aromatic rings. The highest BCUT2D eigenvalue weighted by Gasteiger charge is 2.09. The van der Waals surface area contributed by atoms with Gasteiger partial charge in [-0.25, -0.2) is 0 Å². The number of aromatic nitrogens is 1. The zero-order chi connectivity index (χ0) is 12.0. The van der Waals surface area contributed by atoms with Crippen LogP contribution in [0.5, 0.6) is 0 Å². The van der Waals surface area contributed by atoms with Crippen molar-refractivity contribution < 1.29 is 4.21 Å². The zero-order valence-electron chi connectivity index (χ0n) is 10.1. The molecule has 1 aromatic heterocycles. The summed E-state index contributed by atoms with van der Waals surface area (Å²) in [5, 5.41) is 3.49. The van der Waals surface area contributed by atoms with E-state index in [2.05, 4.69) is 24.1 Å². The Morgan fingerprint density at radius 3 is 2.56 bits per heavy atom. The van der Waals surface area contributed by atoms with Gasteiger partial charge in [0.05, 0.1) is 0 Å². The highest BCUT2D eigenvalue weighted by molar-refractivity contribution is 7.84. The third kappa shape index (κ3) is 4.86. The van der Waals surface area contributed by atoms with Gasteiger partial charge in [0.1, 0.15) is 0 Å². The predicted molar refractivity (Wildman–Crippen MR) is 68.8 cm³/mol. The third-order valence-corrected chi connectivity index (χ3v) is 3.39. The molecule has 0 fully saturated rings. The van der Waals surface area contributed by atoms with Crippen molar-refractivity contribution in [1.29, 1.82) is 0 Å². The van der Waals surface area contributed by atoms with Gasteiger partial charge in [-0.15, -0.1) is 0 Å². The summed E-state index contributed by atoms with van der Waals surface area (Å²) >= 11 is 0. The van der Waals surface area contributed by atoms with Crippen LogP contribution >= 0.6 is 0 Å². The Morgan fingerprint density at radius 2 is 2.00 bits per heavy atom. The lowest BCUT2D eigenvalue weighted by atomic mass is 10.1. The van der Waals surface area contributed by atoms with Gasteiger partial charge in [-0.05, 0) is 38.0 Å². The number of hydrogen-bond acceptors (Lipinski definition) is 3. The van der Waals surface area contributed by atoms with Crippen molar-refractivity contribution in [3.63, 3.8) is 0 Å². The maximum absolute atomic E-state index is 11.0. The topological polar surface area (TPSA) is 42.0 Å². The van der Waals surface area contributed by atoms with E-state index in [-0.39, 0.29) is 0 Å². The molecule has 1 heterocycles. The molecule has 0 aliphatic carbocycles. The van der Waals surface area contributed by atoms with Gasteiger partial charge in [-0.3, -0.25) is 9.19 Å². The van der Waals surface area contributed by atoms with Crippen LogP contribution in [-0.2, 0) is 10.8 Å². The van der Waals surface area contributed by atoms with E-state index >= 15 is 0 Å². The van der Waals surface area contributed by atoms with Gasteiger partial charge in [-0.1, -0.05) is 0 Å². The largest absolute Gasteiger partial charge is 0.308 e. The summed E-state index contributed by atoms with van der Waals surface area (Å²) in [5.74, 6) is 0.761. The molecule has 1 rings (SSSR count). The SMILES string of the molecule is CC(CCS(C)=O)NC(C)c1ccncc1. The first-order valence-corrected chi connectivity index (χ1v) is 7.28. The molecule has 16 heavy (non-hydrogen) atoms. The molecule has 0 amide bonds. The van der Waals surface area contributed by atoms with Crippen LogP contribution in [0.25, 0.3) is 0 Å². The van der Waals surface area contributed by atoms with E-state index in [1.165, 1.54) is 5.56 Å². The van der Waals surface area contributed by atoms with Gasteiger partial charge in [0.2, 0.25) is 0 Å². The molecular formula is C12H20N2OS. The lowest BCUT2D eigenvalue weighted by Crippen LogP contribution is -2.30. The number of hydrogen-bond donors (Lipinski definition) is 1. The van der Waals surface area contributed by atoms with Crippen LogP contribution in [0.15, 0.2) is 24.5 Å². The first-order valence-electron chi connectivity index (χ1n) is 5.55. The molecule has 0 saturated carbocycles. The summed E-state index contributed by atoms with van der Waals surface area (Å²) in [5.41, 5.74) is 1.24. The van der Waals surface area contributed by atoms with Gasteiger partial charge < -0.3 is 5.32 Å². The average Bonchev–Trinajstić information content (AvgIpc) is 2.27. The molecule has 0 saturated heterocycles. The highest BCUT2D eigenvalue weighted by Crippen LogP contribution is 2.11. The smallest absolute Gasteiger partial charge is 0.0295 e. The van der Waals surface area contributed by atoms with Crippen molar-refractivity contribution >= 4 is 10.8 Å². The molecular weight excluding hydrogens is 220 g/mol. The Kier molecular flexibility index (Phi) is 5.63. The first kappa shape index (κ1) is 13.3. The summed E-state index contributed by atoms with van der Waals surface area (Å²) in [6.07, 6.45) is 6.30. The van der Waals surface area contributed by atoms with E-state index in [9.17, 15) is 4.21 Å². The standard InChI is InChI=1S/C12H20N2OS/c1-10(6-9-16(3)15)14-11(2)12-4-7-13-8-5-12/h4-5,7-8,10-11,14H,6,9H2,1-3H3. The van der Waals surface area contributed by atoms with E-state index in [4.69, 9.17) is 0 Å². The van der Waals surface area contributed by atoms with Crippen LogP contribution in [0.4, 0.5) is 0 Å². The fourth-order valence-corrected chi connectivity index (χ4v) is 2.29. The Labute approximate surface area is 100 Å². The summed E-state index contributed by atoms with van der Waals surface area (Å²) in [7, 11) is -0.695. The monoisotopic (exact) mass is 240 g/mol. The molecule has 0 aliphatic heterocycles. The number of nitrogens with one attached hydrogen (secondary N) is 1. The first-order chi connectivity index (χ1) is 7.59. The predicted octanol–water partition coefficient (Wildman–Crippen LogP) is 1.89. The number of pyridine rings is 1. The van der Waals surface area contributed by atoms with E-state index in [0.717, 1.165) is 12.2 Å². The van der Waals surface area contributed by atoms with Crippen LogP contribution in [0.2, 0.25) is 0 Å². The molecule has 0 spiro atoms. The summed E-state index contributed by atoms with van der Waals surface area (Å²) in [4.78, 5) is 4.00. The molecule has 4 heteroatoms. The third-order valence-electron chi connectivity index (χ3n) is 2.58. The normalized spacial score (nSPS) is 16.7. The number of nitrogens with zero attached hydrogens (tertiary/aromatic N) is 1. The van der Waals surface area contributed by atoms with Crippen molar-refractivity contribution in [2.24, 2.45) is 0 Å². The van der Waals surface area contributed by atoms with E-state index < -0.39 is 10.8 Å². The molecule has 90 valence electrons. The molecule has 3 unspecified atom stereocenters. The summed E-state index contributed by atoms with van der Waals surface area (Å²) in [6, 6.07) is 4.72. The minimum absolute atomic E-state index is 0.309. The minimum Gasteiger partial charge on any atom is -0.308 e. The Bertz CT molecular complexity index is 329. The lowest BCUT2D eigenvalue weighted by molar-refractivity contribution is 0.470. The highest BCUT2D eigenvalue weighted by atomic mass is 32.2. The quantitative estimate of drug-likeness (QED) is 0.825. The van der Waals surface area contributed by atoms with E-state index in [1.54, 1.807) is 18.6 Å². The van der Waals surface area contributed by atoms with Crippen LogP contribution in [0.3, 0.4) is 0 Å². The average molecular weight is 240 g/mol. The molecule has 0 bridgehead atoms. The molecule has 0 radical (unpaired) electrons. The maximum Gasteiger partial charge on any atom is 0.0295 e. The molecule has 3 nitrogen and oxygen atoms in total. The van der Waals surface area contributed by atoms with E-state index in [1.807, 2.05) is 12.1 Å². The lowest BCUT2D eigenvalue weighted by Gasteiger charge is -2.19. The second kappa shape index (κ2) is 6.76.